The Hall–Kier alpha value is -3.34. The van der Waals surface area contributed by atoms with Gasteiger partial charge < -0.3 is 0 Å². The molecule has 0 atom stereocenters. The van der Waals surface area contributed by atoms with Crippen LogP contribution >= 0.6 is 0 Å². The number of nitrogens with zero attached hydrogens (tertiary/aromatic N) is 2. The third kappa shape index (κ3) is 5.83. The normalized spacial score (nSPS) is 11.7. The van der Waals surface area contributed by atoms with Gasteiger partial charge in [0.1, 0.15) is 22.1 Å². The van der Waals surface area contributed by atoms with Gasteiger partial charge in [0.15, 0.2) is 11.6 Å². The van der Waals surface area contributed by atoms with Crippen molar-refractivity contribution < 1.29 is 9.59 Å². The third-order valence-corrected chi connectivity index (χ3v) is 2.04. The van der Waals surface area contributed by atoms with Gasteiger partial charge in [0.05, 0.1) is 0 Å². The molecule has 0 heterocycles. The molecule has 8 nitrogen and oxygen atoms in total. The van der Waals surface area contributed by atoms with Crippen molar-refractivity contribution in [3.8, 4) is 0 Å². The molecule has 20 heavy (non-hydrogen) atoms. The number of carbonyl (C=O) groups is 2. The Morgan fingerprint density at radius 3 is 1.80 bits per heavy atom. The van der Waals surface area contributed by atoms with Crippen molar-refractivity contribution in [2.24, 2.45) is 0 Å². The SMILES string of the molecule is N=[N+]=N.N=[N+]=N.O=C1C=CC(=O)C(c2ccccc2)=C1. The second kappa shape index (κ2) is 9.67. The van der Waals surface area contributed by atoms with Gasteiger partial charge in [-0.05, 0) is 23.8 Å². The molecule has 0 aromatic heterocycles. The van der Waals surface area contributed by atoms with E-state index in [2.05, 4.69) is 0 Å². The zero-order valence-corrected chi connectivity index (χ0v) is 10.3. The lowest BCUT2D eigenvalue weighted by atomic mass is 9.97. The maximum Gasteiger partial charge on any atom is 0.211 e. The highest BCUT2D eigenvalue weighted by Gasteiger charge is 2.14. The van der Waals surface area contributed by atoms with E-state index in [4.69, 9.17) is 22.1 Å². The summed E-state index contributed by atoms with van der Waals surface area (Å²) >= 11 is 0. The predicted octanol–water partition coefficient (Wildman–Crippen LogP) is 2.01. The van der Waals surface area contributed by atoms with Crippen molar-refractivity contribution in [1.29, 1.82) is 22.1 Å². The van der Waals surface area contributed by atoms with Crippen LogP contribution in [0.5, 0.6) is 0 Å². The molecular formula is C12H12N6O2+2. The summed E-state index contributed by atoms with van der Waals surface area (Å²) in [6.07, 6.45) is 3.97. The highest BCUT2D eigenvalue weighted by atomic mass is 16.1. The molecular weight excluding hydrogens is 260 g/mol. The highest BCUT2D eigenvalue weighted by molar-refractivity contribution is 6.33. The first kappa shape index (κ1) is 16.7. The molecule has 0 spiro atoms. The van der Waals surface area contributed by atoms with E-state index in [9.17, 15) is 9.59 Å². The summed E-state index contributed by atoms with van der Waals surface area (Å²) < 4.78 is 0. The number of hydrogen-bond acceptors (Lipinski definition) is 6. The fourth-order valence-electron chi connectivity index (χ4n) is 1.35. The van der Waals surface area contributed by atoms with E-state index in [-0.39, 0.29) is 11.6 Å². The molecule has 1 aliphatic rings. The van der Waals surface area contributed by atoms with Crippen molar-refractivity contribution >= 4 is 17.1 Å². The summed E-state index contributed by atoms with van der Waals surface area (Å²) in [5, 5.41) is 0. The van der Waals surface area contributed by atoms with Crippen LogP contribution < -0.4 is 9.82 Å². The Bertz CT molecular complexity index is 594. The van der Waals surface area contributed by atoms with Crippen LogP contribution in [0.1, 0.15) is 5.56 Å². The van der Waals surface area contributed by atoms with Gasteiger partial charge >= 0.3 is 0 Å². The molecule has 0 saturated heterocycles. The van der Waals surface area contributed by atoms with Crippen LogP contribution in [0.25, 0.3) is 5.57 Å². The number of hydrogen-bond donors (Lipinski definition) is 4. The molecule has 0 radical (unpaired) electrons. The van der Waals surface area contributed by atoms with Gasteiger partial charge in [-0.1, -0.05) is 30.3 Å². The van der Waals surface area contributed by atoms with Crippen LogP contribution in [0, 0.1) is 22.1 Å². The Balaban J connectivity index is 0.000000520. The molecule has 1 aromatic carbocycles. The smallest absolute Gasteiger partial charge is 0.211 e. The van der Waals surface area contributed by atoms with Crippen LogP contribution in [-0.2, 0) is 9.59 Å². The maximum atomic E-state index is 11.4. The van der Waals surface area contributed by atoms with Crippen molar-refractivity contribution in [3.63, 3.8) is 0 Å². The predicted molar refractivity (Wildman–Crippen MR) is 68.7 cm³/mol. The van der Waals surface area contributed by atoms with Gasteiger partial charge in [0.25, 0.3) is 0 Å². The fourth-order valence-corrected chi connectivity index (χ4v) is 1.35. The lowest BCUT2D eigenvalue weighted by molar-refractivity contribution is -0.113. The topological polar surface area (TPSA) is 158 Å². The van der Waals surface area contributed by atoms with E-state index in [0.29, 0.717) is 5.57 Å². The molecule has 0 aliphatic heterocycles. The van der Waals surface area contributed by atoms with E-state index in [0.717, 1.165) is 5.56 Å². The van der Waals surface area contributed by atoms with E-state index >= 15 is 0 Å². The zero-order valence-electron chi connectivity index (χ0n) is 10.3. The Kier molecular flexibility index (Phi) is 8.05. The summed E-state index contributed by atoms with van der Waals surface area (Å²) in [4.78, 5) is 26.5. The van der Waals surface area contributed by atoms with E-state index in [1.165, 1.54) is 18.2 Å². The van der Waals surface area contributed by atoms with Crippen LogP contribution in [0.15, 0.2) is 48.6 Å². The van der Waals surface area contributed by atoms with Crippen LogP contribution in [0.3, 0.4) is 0 Å². The number of rotatable bonds is 1. The van der Waals surface area contributed by atoms with Gasteiger partial charge in [-0.2, -0.15) is 0 Å². The fraction of sp³-hybridized carbons (Fsp3) is 0. The average molecular weight is 272 g/mol. The number of benzene rings is 1. The monoisotopic (exact) mass is 272 g/mol. The second-order valence-corrected chi connectivity index (χ2v) is 3.25. The summed E-state index contributed by atoms with van der Waals surface area (Å²) in [5.74, 6) is -0.251. The van der Waals surface area contributed by atoms with Crippen molar-refractivity contribution in [1.82, 2.24) is 9.82 Å². The molecule has 4 N–H and O–H groups in total. The summed E-state index contributed by atoms with van der Waals surface area (Å²) in [7, 11) is 0. The van der Waals surface area contributed by atoms with E-state index in [1.54, 1.807) is 0 Å². The molecule has 2 rings (SSSR count). The molecule has 0 saturated carbocycles. The van der Waals surface area contributed by atoms with Gasteiger partial charge in [-0.3, -0.25) is 9.59 Å². The first-order valence-corrected chi connectivity index (χ1v) is 5.20. The minimum Gasteiger partial charge on any atom is -0.290 e. The van der Waals surface area contributed by atoms with Crippen LogP contribution in [0.2, 0.25) is 0 Å². The summed E-state index contributed by atoms with van der Waals surface area (Å²) in [6.45, 7) is 0. The first-order chi connectivity index (χ1) is 9.60. The standard InChI is InChI=1S/C12H8O2.2H2N3/c13-10-6-7-12(14)11(8-10)9-4-2-1-3-5-9;2*1-3-2/h1-8H;2*1-2H/q;2*+1. The Morgan fingerprint density at radius 2 is 1.30 bits per heavy atom. The minimum absolute atomic E-state index is 0.115. The van der Waals surface area contributed by atoms with Crippen LogP contribution in [-0.4, -0.2) is 11.6 Å². The largest absolute Gasteiger partial charge is 0.290 e. The maximum absolute atomic E-state index is 11.4. The van der Waals surface area contributed by atoms with Crippen molar-refractivity contribution in [2.45, 2.75) is 0 Å². The number of allylic oxidation sites excluding steroid dienone is 4. The quantitative estimate of drug-likeness (QED) is 0.350. The van der Waals surface area contributed by atoms with Gasteiger partial charge in [-0.25, -0.2) is 0 Å². The summed E-state index contributed by atoms with van der Waals surface area (Å²) in [6, 6.07) is 9.18. The van der Waals surface area contributed by atoms with Crippen molar-refractivity contribution in [2.75, 3.05) is 0 Å². The third-order valence-electron chi connectivity index (χ3n) is 2.04. The lowest BCUT2D eigenvalue weighted by Gasteiger charge is -2.05. The van der Waals surface area contributed by atoms with Crippen molar-refractivity contribution in [3.05, 3.63) is 54.1 Å². The molecule has 0 fully saturated rings. The second-order valence-electron chi connectivity index (χ2n) is 3.25. The molecule has 1 aliphatic carbocycles. The zero-order chi connectivity index (χ0) is 15.4. The summed E-state index contributed by atoms with van der Waals surface area (Å²) in [5.41, 5.74) is 23.3. The van der Waals surface area contributed by atoms with Crippen LogP contribution in [0.4, 0.5) is 0 Å². The minimum atomic E-state index is -0.136. The highest BCUT2D eigenvalue weighted by Crippen LogP contribution is 2.18. The number of ketones is 2. The molecule has 8 heteroatoms. The molecule has 0 bridgehead atoms. The number of carbonyl (C=O) groups excluding carboxylic acids is 2. The lowest BCUT2D eigenvalue weighted by Crippen LogP contribution is -2.06. The molecule has 1 aromatic rings. The average Bonchev–Trinajstić information content (AvgIpc) is 2.44. The van der Waals surface area contributed by atoms with Gasteiger partial charge in [-0.15, -0.1) is 0 Å². The Morgan fingerprint density at radius 1 is 0.800 bits per heavy atom. The van der Waals surface area contributed by atoms with Gasteiger partial charge in [0, 0.05) is 5.57 Å². The molecule has 0 unspecified atom stereocenters. The molecule has 100 valence electrons. The van der Waals surface area contributed by atoms with E-state index < -0.39 is 0 Å². The first-order valence-electron chi connectivity index (χ1n) is 5.20. The molecule has 0 amide bonds. The number of nitrogens with one attached hydrogen (secondary N) is 4. The van der Waals surface area contributed by atoms with Gasteiger partial charge in [0.2, 0.25) is 9.82 Å². The Labute approximate surface area is 113 Å². The van der Waals surface area contributed by atoms with E-state index in [1.807, 2.05) is 40.2 Å².